The van der Waals surface area contributed by atoms with Crippen molar-refractivity contribution in [2.24, 2.45) is 63.5 Å². The monoisotopic (exact) mass is 677 g/mol. The lowest BCUT2D eigenvalue weighted by molar-refractivity contribution is -0.227. The number of rotatable bonds is 24. The molecule has 4 aliphatic carbocycles. The average Bonchev–Trinajstić information content (AvgIpc) is 3.44. The fraction of sp³-hybridized carbons (Fsp3) is 1.00. The van der Waals surface area contributed by atoms with Crippen molar-refractivity contribution in [3.05, 3.63) is 0 Å². The number of unbranched alkanes of at least 4 members (excludes halogenated alkanes) is 5. The first-order valence-corrected chi connectivity index (χ1v) is 21.0. The number of ether oxygens (including phenoxy) is 3. The molecule has 0 aromatic heterocycles. The van der Waals surface area contributed by atoms with Crippen LogP contribution in [0.1, 0.15) is 143 Å². The normalized spacial score (nSPS) is 36.8. The Hall–Kier alpha value is -0.280. The second-order valence-electron chi connectivity index (χ2n) is 17.1. The van der Waals surface area contributed by atoms with Crippen LogP contribution < -0.4 is 22.5 Å². The van der Waals surface area contributed by atoms with E-state index in [0.717, 1.165) is 52.0 Å². The van der Waals surface area contributed by atoms with Gasteiger partial charge in [-0.1, -0.05) is 59.8 Å². The summed E-state index contributed by atoms with van der Waals surface area (Å²) in [5.74, 6) is 3.92. The van der Waals surface area contributed by atoms with Gasteiger partial charge in [0.25, 0.3) is 0 Å². The molecule has 7 heteroatoms. The summed E-state index contributed by atoms with van der Waals surface area (Å²) in [6, 6.07) is 0. The van der Waals surface area contributed by atoms with Crippen molar-refractivity contribution in [2.75, 3.05) is 52.5 Å². The van der Waals surface area contributed by atoms with Gasteiger partial charge in [-0.05, 0) is 157 Å². The van der Waals surface area contributed by atoms with Crippen LogP contribution in [0.5, 0.6) is 0 Å². The van der Waals surface area contributed by atoms with E-state index >= 15 is 0 Å². The van der Waals surface area contributed by atoms with Gasteiger partial charge in [0.1, 0.15) is 0 Å². The Labute approximate surface area is 296 Å². The van der Waals surface area contributed by atoms with Gasteiger partial charge >= 0.3 is 0 Å². The number of nitrogens with two attached hydrogens (primary N) is 3. The second kappa shape index (κ2) is 20.7. The van der Waals surface area contributed by atoms with Crippen molar-refractivity contribution < 1.29 is 14.2 Å². The molecule has 7 N–H and O–H groups in total. The average molecular weight is 677 g/mol. The van der Waals surface area contributed by atoms with E-state index in [9.17, 15) is 0 Å². The van der Waals surface area contributed by atoms with Gasteiger partial charge < -0.3 is 36.7 Å². The van der Waals surface area contributed by atoms with Gasteiger partial charge in [-0.25, -0.2) is 0 Å². The van der Waals surface area contributed by atoms with Gasteiger partial charge in [0.15, 0.2) is 0 Å². The first-order chi connectivity index (χ1) is 23.3. The Morgan fingerprint density at radius 2 is 1.38 bits per heavy atom. The minimum atomic E-state index is 0.183. The van der Waals surface area contributed by atoms with Crippen molar-refractivity contribution in [3.63, 3.8) is 0 Å². The number of hydrogen-bond donors (Lipinski definition) is 4. The summed E-state index contributed by atoms with van der Waals surface area (Å²) in [4.78, 5) is 0. The third-order valence-corrected chi connectivity index (χ3v) is 14.2. The van der Waals surface area contributed by atoms with Crippen molar-refractivity contribution in [1.29, 1.82) is 0 Å². The number of hydrogen-bond acceptors (Lipinski definition) is 7. The van der Waals surface area contributed by atoms with Gasteiger partial charge in [-0.3, -0.25) is 0 Å². The second-order valence-corrected chi connectivity index (χ2v) is 17.1. The lowest BCUT2D eigenvalue weighted by Gasteiger charge is -2.65. The summed E-state index contributed by atoms with van der Waals surface area (Å²) in [6.07, 6.45) is 23.2. The quantitative estimate of drug-likeness (QED) is 0.0786. The van der Waals surface area contributed by atoms with E-state index in [4.69, 9.17) is 31.4 Å². The third kappa shape index (κ3) is 9.98. The van der Waals surface area contributed by atoms with E-state index in [1.54, 1.807) is 0 Å². The summed E-state index contributed by atoms with van der Waals surface area (Å²) in [5, 5.41) is 3.77. The molecule has 11 atom stereocenters. The lowest BCUT2D eigenvalue weighted by Crippen LogP contribution is -2.63. The van der Waals surface area contributed by atoms with Crippen LogP contribution in [0.2, 0.25) is 0 Å². The van der Waals surface area contributed by atoms with Crippen LogP contribution in [0.25, 0.3) is 0 Å². The van der Waals surface area contributed by atoms with Crippen molar-refractivity contribution >= 4 is 0 Å². The highest BCUT2D eigenvalue weighted by molar-refractivity contribution is 5.15. The van der Waals surface area contributed by atoms with Crippen molar-refractivity contribution in [1.82, 2.24) is 5.32 Å². The lowest BCUT2D eigenvalue weighted by atomic mass is 9.43. The molecule has 0 aromatic carbocycles. The molecule has 282 valence electrons. The highest BCUT2D eigenvalue weighted by Gasteiger charge is 2.66. The fourth-order valence-corrected chi connectivity index (χ4v) is 11.5. The maximum absolute atomic E-state index is 7.03. The van der Waals surface area contributed by atoms with E-state index in [2.05, 4.69) is 33.0 Å². The smallest absolute Gasteiger partial charge is 0.0637 e. The van der Waals surface area contributed by atoms with Crippen LogP contribution in [0, 0.1) is 46.3 Å². The maximum Gasteiger partial charge on any atom is 0.0637 e. The molecule has 0 bridgehead atoms. The van der Waals surface area contributed by atoms with Crippen LogP contribution in [0.4, 0.5) is 0 Å². The van der Waals surface area contributed by atoms with E-state index in [0.29, 0.717) is 78.9 Å². The molecular formula is C41H80N4O3. The molecule has 0 aromatic rings. The Bertz CT molecular complexity index is 879. The van der Waals surface area contributed by atoms with Crippen molar-refractivity contribution in [3.8, 4) is 0 Å². The summed E-state index contributed by atoms with van der Waals surface area (Å²) in [7, 11) is 0. The zero-order chi connectivity index (χ0) is 34.4. The molecule has 48 heavy (non-hydrogen) atoms. The maximum atomic E-state index is 7.03. The summed E-state index contributed by atoms with van der Waals surface area (Å²) < 4.78 is 20.4. The number of fused-ring (bicyclic) bond motifs is 5. The fourth-order valence-electron chi connectivity index (χ4n) is 11.5. The molecule has 4 aliphatic rings. The Balaban J connectivity index is 1.46. The molecule has 0 saturated heterocycles. The predicted molar refractivity (Wildman–Crippen MR) is 201 cm³/mol. The van der Waals surface area contributed by atoms with Crippen LogP contribution in [0.3, 0.4) is 0 Å². The molecule has 0 aliphatic heterocycles. The van der Waals surface area contributed by atoms with E-state index < -0.39 is 0 Å². The third-order valence-electron chi connectivity index (χ3n) is 14.2. The molecule has 0 unspecified atom stereocenters. The zero-order valence-corrected chi connectivity index (χ0v) is 32.0. The van der Waals surface area contributed by atoms with Crippen LogP contribution in [0.15, 0.2) is 0 Å². The minimum absolute atomic E-state index is 0.183. The van der Waals surface area contributed by atoms with Gasteiger partial charge in [0, 0.05) is 25.2 Å². The highest BCUT2D eigenvalue weighted by Crippen LogP contribution is 2.69. The summed E-state index contributed by atoms with van der Waals surface area (Å²) in [6.45, 7) is 17.0. The Morgan fingerprint density at radius 3 is 2.10 bits per heavy atom. The van der Waals surface area contributed by atoms with Gasteiger partial charge in [-0.15, -0.1) is 0 Å². The molecule has 4 saturated carbocycles. The van der Waals surface area contributed by atoms with E-state index in [1.165, 1.54) is 96.4 Å². The zero-order valence-electron chi connectivity index (χ0n) is 32.0. The topological polar surface area (TPSA) is 118 Å². The van der Waals surface area contributed by atoms with Crippen LogP contribution >= 0.6 is 0 Å². The van der Waals surface area contributed by atoms with E-state index in [1.807, 2.05) is 0 Å². The van der Waals surface area contributed by atoms with Crippen LogP contribution in [-0.4, -0.2) is 70.9 Å². The summed E-state index contributed by atoms with van der Waals surface area (Å²) >= 11 is 0. The summed E-state index contributed by atoms with van der Waals surface area (Å²) in [5.41, 5.74) is 18.3. The molecule has 0 radical (unpaired) electrons. The van der Waals surface area contributed by atoms with Crippen molar-refractivity contribution in [2.45, 2.75) is 162 Å². The molecule has 4 rings (SSSR count). The van der Waals surface area contributed by atoms with Gasteiger partial charge in [0.2, 0.25) is 0 Å². The highest BCUT2D eigenvalue weighted by atomic mass is 16.5. The molecule has 0 amide bonds. The molecule has 0 spiro atoms. The van der Waals surface area contributed by atoms with Crippen LogP contribution in [-0.2, 0) is 14.2 Å². The Kier molecular flexibility index (Phi) is 17.4. The number of nitrogens with one attached hydrogen (secondary N) is 1. The van der Waals surface area contributed by atoms with Gasteiger partial charge in [-0.2, -0.15) is 0 Å². The van der Waals surface area contributed by atoms with Gasteiger partial charge in [0.05, 0.1) is 18.3 Å². The molecular weight excluding hydrogens is 596 g/mol. The first-order valence-electron chi connectivity index (χ1n) is 21.0. The van der Waals surface area contributed by atoms with E-state index in [-0.39, 0.29) is 5.41 Å². The first kappa shape index (κ1) is 40.5. The molecule has 4 fully saturated rings. The predicted octanol–water partition coefficient (Wildman–Crippen LogP) is 7.43. The minimum Gasteiger partial charge on any atom is -0.378 e. The molecule has 0 heterocycles. The largest absolute Gasteiger partial charge is 0.378 e. The molecule has 7 nitrogen and oxygen atoms in total. The SMILES string of the molecule is CCCCCCCCNCCC[C@@H](C)[C@H]1CC[C@H]2[C@@H]3[C@H](OCCCN)C[C@@H]4C[C@H](OCCCN)CC[C@]4(C)[C@H]3C[C@H](OCCCN)[C@]12C. The Morgan fingerprint density at radius 1 is 0.708 bits per heavy atom. The standard InChI is InChI=1S/C41H80N4O3/c1-5-6-7-8-9-10-23-45-24-11-15-31(2)34-16-17-35-39-36(30-38(41(34,35)4)48-27-14-22-44)40(3)19-18-33(46-25-12-20-42)28-32(40)29-37(39)47-26-13-21-43/h31-39,45H,5-30,42-44H2,1-4H3/t31-,32+,33-,34-,35+,36+,37-,38+,39+,40+,41-/m1/s1.